The van der Waals surface area contributed by atoms with Crippen LogP contribution in [0.15, 0.2) is 276 Å². The highest BCUT2D eigenvalue weighted by atomic mass is 35.5. The fraction of sp³-hybridized carbons (Fsp3) is 0.0137. The van der Waals surface area contributed by atoms with E-state index < -0.39 is 168 Å². The summed E-state index contributed by atoms with van der Waals surface area (Å²) >= 11 is 12.7. The first-order chi connectivity index (χ1) is 55.0. The third-order valence-electron chi connectivity index (χ3n) is 17.4. The van der Waals surface area contributed by atoms with E-state index in [1.54, 1.807) is 36.4 Å². The molecule has 0 bridgehead atoms. The van der Waals surface area contributed by atoms with Crippen molar-refractivity contribution in [2.45, 2.75) is 34.3 Å². The Kier molecular flexibility index (Phi) is 22.9. The molecule has 36 nitrogen and oxygen atoms in total. The predicted molar refractivity (Wildman–Crippen MR) is 432 cm³/mol. The second-order valence-corrected chi connectivity index (χ2v) is 36.6. The van der Waals surface area contributed by atoms with Crippen LogP contribution < -0.4 is 32.7 Å². The number of ketones is 2. The Hall–Kier alpha value is -12.6. The maximum Gasteiger partial charge on any atom is 0.296 e. The van der Waals surface area contributed by atoms with Gasteiger partial charge < -0.3 is 42.9 Å². The fourth-order valence-electron chi connectivity index (χ4n) is 11.8. The zero-order chi connectivity index (χ0) is 86.0. The van der Waals surface area contributed by atoms with E-state index in [1.165, 1.54) is 103 Å². The number of allylic oxidation sites excluding steroid dienone is 2. The van der Waals surface area contributed by atoms with Crippen molar-refractivity contribution in [1.82, 2.24) is 0 Å². The summed E-state index contributed by atoms with van der Waals surface area (Å²) in [4.78, 5) is 48.0. The van der Waals surface area contributed by atoms with E-state index >= 15 is 0 Å². The van der Waals surface area contributed by atoms with Crippen molar-refractivity contribution in [3.63, 3.8) is 0 Å². The molecule has 0 atom stereocenters. The number of fused-ring (bicyclic) bond motifs is 4. The number of aromatic hydroxyl groups is 2. The first-order valence-electron chi connectivity index (χ1n) is 32.6. The van der Waals surface area contributed by atoms with Gasteiger partial charge in [-0.2, -0.15) is 60.7 Å². The molecule has 45 heteroatoms. The second-order valence-electron chi connectivity index (χ2n) is 25.4. The summed E-state index contributed by atoms with van der Waals surface area (Å²) in [5.74, 6) is -4.48. The number of rotatable bonds is 20. The number of nitrogens with zero attached hydrogens (tertiary/aromatic N) is 4. The Labute approximate surface area is 676 Å². The van der Waals surface area contributed by atoms with Gasteiger partial charge in [-0.3, -0.25) is 46.5 Å². The summed E-state index contributed by atoms with van der Waals surface area (Å²) in [6.07, 6.45) is 0.928. The van der Waals surface area contributed by atoms with Gasteiger partial charge in [-0.15, -0.1) is 10.2 Å². The first-order valence-corrected chi connectivity index (χ1v) is 43.9. The first kappa shape index (κ1) is 84.8. The van der Waals surface area contributed by atoms with Crippen molar-refractivity contribution >= 4 is 217 Å². The van der Waals surface area contributed by atoms with Crippen LogP contribution in [0.25, 0.3) is 54.2 Å². The summed E-state index contributed by atoms with van der Waals surface area (Å²) in [5.41, 5.74) is 12.5. The molecule has 0 aromatic heterocycles. The Bertz CT molecular complexity index is 7150. The zero-order valence-corrected chi connectivity index (χ0v) is 66.3. The third-order valence-corrected chi connectivity index (χ3v) is 24.4. The molecule has 0 heterocycles. The monoisotopic (exact) mass is 1780 g/mol. The molecule has 0 spiro atoms. The molecule has 0 saturated carbocycles. The molecule has 0 fully saturated rings. The van der Waals surface area contributed by atoms with E-state index in [4.69, 9.17) is 34.7 Å². The van der Waals surface area contributed by atoms with Crippen LogP contribution in [0.4, 0.5) is 56.9 Å². The molecule has 12 aromatic rings. The Morgan fingerprint density at radius 3 is 1.10 bits per heavy atom. The standard InChI is InChI=1S/C40H26Cl2N4O16S4.C33H26N6O10S3/c41-33-35(43-23-7-1-19(2-8-23)39(49)45-25-11-5-21-13-27(63(51,52)53)17-31(29(21)15-25)65(57,58)59)37(47)34(42)36(38(33)48)44-24-9-3-20(4-10-24)40(50)46-26-12-6-22-14-28(64(54,55)56)18-32(30(22)16-26)66(60,61)62;1-50(42,43)24-12-20-14-28(52(47,48)49)31(33(41)29(20)26(35)16-24)39-37-23-10-5-18(6-11-23)17-3-8-22(9-4-17)36-38-30-27(51(44,45)46)13-19-2-7-21(34)15-25(19)32(30)40/h1-18,43-44H,(H,45,49)(H,46,50)(H,51,52,53)(H,54,55,56)(H,57,58,59)(H,60,61,62);2-16,40-41H,34-35H2,1H3,(H,44,45,46)(H,47,48,49). The lowest BCUT2D eigenvalue weighted by Gasteiger charge is -2.20. The summed E-state index contributed by atoms with van der Waals surface area (Å²) in [6.45, 7) is 0. The normalized spacial score (nSPS) is 13.4. The molecule has 16 N–H and O–H groups in total. The van der Waals surface area contributed by atoms with Crippen molar-refractivity contribution in [3.8, 4) is 22.6 Å². The maximum atomic E-state index is 13.4. The number of carbonyl (C=O) groups excluding carboxylic acids is 4. The van der Waals surface area contributed by atoms with Crippen LogP contribution in [0.3, 0.4) is 0 Å². The van der Waals surface area contributed by atoms with Gasteiger partial charge in [0.25, 0.3) is 72.5 Å². The lowest BCUT2D eigenvalue weighted by atomic mass is 10.0. The molecule has 0 saturated heterocycles. The molecule has 1 aliphatic rings. The molecule has 0 aliphatic heterocycles. The van der Waals surface area contributed by atoms with E-state index in [2.05, 4.69) is 41.7 Å². The number of amides is 2. The molecule has 0 radical (unpaired) electrons. The number of phenols is 2. The van der Waals surface area contributed by atoms with Crippen molar-refractivity contribution in [2.24, 2.45) is 20.5 Å². The lowest BCUT2D eigenvalue weighted by Crippen LogP contribution is -2.27. The number of nitrogens with two attached hydrogens (primary N) is 2. The van der Waals surface area contributed by atoms with E-state index in [0.29, 0.717) is 34.3 Å². The SMILES string of the molecule is CS(=O)(=O)c1cc(N)c2c(O)c(N=Nc3ccc(-c4ccc(N=Nc5c(S(=O)(=O)O)cc6ccc(N)cc6c5O)cc4)cc3)c(S(=O)(=O)O)cc2c1.O=C1C(Cl)=C(Nc2ccc(C(=O)Nc3ccc4cc(S(=O)(=O)O)cc(S(=O)(=O)O)c4c3)cc2)C(=O)C(Cl)=C1Nc1ccc(C(=O)Nc2ccc3cc(S(=O)(=O)O)cc(S(=O)(=O)O)c3c2)cc1. The highest BCUT2D eigenvalue weighted by Gasteiger charge is 2.35. The van der Waals surface area contributed by atoms with Gasteiger partial charge in [-0.1, -0.05) is 65.7 Å². The quantitative estimate of drug-likeness (QED) is 0.0146. The smallest absolute Gasteiger partial charge is 0.296 e. The molecular formula is C73H52Cl2N10O26S7. The lowest BCUT2D eigenvalue weighted by molar-refractivity contribution is -0.115. The van der Waals surface area contributed by atoms with Crippen LogP contribution >= 0.6 is 23.2 Å². The minimum atomic E-state index is -4.99. The van der Waals surface area contributed by atoms with E-state index in [1.807, 2.05) is 0 Å². The summed E-state index contributed by atoms with van der Waals surface area (Å²) in [7, 11) is -33.2. The molecule has 606 valence electrons. The Balaban J connectivity index is 0.000000223. The molecule has 0 unspecified atom stereocenters. The molecule has 1 aliphatic carbocycles. The number of azo groups is 2. The number of sulfone groups is 1. The van der Waals surface area contributed by atoms with E-state index in [0.717, 1.165) is 54.8 Å². The number of nitrogen functional groups attached to an aromatic ring is 2. The Morgan fingerprint density at radius 2 is 0.720 bits per heavy atom. The number of nitrogens with one attached hydrogen (secondary N) is 4. The highest BCUT2D eigenvalue weighted by molar-refractivity contribution is 7.90. The van der Waals surface area contributed by atoms with Gasteiger partial charge in [0, 0.05) is 73.1 Å². The van der Waals surface area contributed by atoms with Crippen LogP contribution in [-0.4, -0.2) is 126 Å². The average Bonchev–Trinajstić information content (AvgIpc) is 0.767. The van der Waals surface area contributed by atoms with E-state index in [-0.39, 0.29) is 93.5 Å². The highest BCUT2D eigenvalue weighted by Crippen LogP contribution is 2.46. The number of carbonyl (C=O) groups is 4. The second kappa shape index (κ2) is 31.8. The van der Waals surface area contributed by atoms with Crippen LogP contribution in [0.1, 0.15) is 20.7 Å². The number of halogens is 2. The predicted octanol–water partition coefficient (Wildman–Crippen LogP) is 13.0. The van der Waals surface area contributed by atoms with Crippen molar-refractivity contribution in [1.29, 1.82) is 0 Å². The van der Waals surface area contributed by atoms with Crippen LogP contribution in [0.2, 0.25) is 0 Å². The van der Waals surface area contributed by atoms with Gasteiger partial charge in [0.2, 0.25) is 11.6 Å². The van der Waals surface area contributed by atoms with Gasteiger partial charge in [0.05, 0.1) is 26.1 Å². The van der Waals surface area contributed by atoms with Gasteiger partial charge in [0.15, 0.2) is 21.3 Å². The number of anilines is 6. The number of hydrogen-bond acceptors (Lipinski definition) is 28. The molecule has 2 amide bonds. The van der Waals surface area contributed by atoms with Crippen LogP contribution in [0, 0.1) is 0 Å². The molecule has 12 aromatic carbocycles. The van der Waals surface area contributed by atoms with Crippen molar-refractivity contribution in [2.75, 3.05) is 39.0 Å². The topological polar surface area (TPSA) is 619 Å². The van der Waals surface area contributed by atoms with Gasteiger partial charge in [-0.25, -0.2) is 8.42 Å². The van der Waals surface area contributed by atoms with Gasteiger partial charge >= 0.3 is 0 Å². The van der Waals surface area contributed by atoms with Gasteiger partial charge in [0.1, 0.15) is 52.4 Å². The molecule has 118 heavy (non-hydrogen) atoms. The minimum absolute atomic E-state index is 0.000497. The molecular weight excluding hydrogens is 1730 g/mol. The van der Waals surface area contributed by atoms with Gasteiger partial charge in [-0.05, 0) is 190 Å². The van der Waals surface area contributed by atoms with Crippen molar-refractivity contribution < 1.29 is 116 Å². The Morgan fingerprint density at radius 1 is 0.364 bits per heavy atom. The fourth-order valence-corrected chi connectivity index (χ4v) is 16.9. The largest absolute Gasteiger partial charge is 0.505 e. The molecule has 13 rings (SSSR count). The number of hydrogen-bond donors (Lipinski definition) is 14. The minimum Gasteiger partial charge on any atom is -0.505 e. The third kappa shape index (κ3) is 18.5. The summed E-state index contributed by atoms with van der Waals surface area (Å²) in [5, 5.41) is 46.9. The van der Waals surface area contributed by atoms with Crippen LogP contribution in [0.5, 0.6) is 11.5 Å². The summed E-state index contributed by atoms with van der Waals surface area (Å²) in [6, 6.07) is 42.9. The number of phenolic OH excluding ortho intramolecular Hbond substituents is 2. The number of Topliss-reactive ketones (excluding diaryl/α,β-unsaturated/α-hetero) is 2. The maximum absolute atomic E-state index is 13.4. The van der Waals surface area contributed by atoms with Crippen LogP contribution in [-0.2, 0) is 80.1 Å². The number of benzene rings is 12. The summed E-state index contributed by atoms with van der Waals surface area (Å²) < 4.78 is 225. The zero-order valence-electron chi connectivity index (χ0n) is 59.0. The average molecular weight is 1780 g/mol. The van der Waals surface area contributed by atoms with E-state index in [9.17, 15) is 116 Å². The van der Waals surface area contributed by atoms with Crippen molar-refractivity contribution in [3.05, 3.63) is 233 Å².